The molecule has 7 heteroatoms. The maximum atomic E-state index is 5.43. The number of thiazole rings is 1. The van der Waals surface area contributed by atoms with E-state index in [0.29, 0.717) is 11.4 Å². The molecule has 1 N–H and O–H groups in total. The van der Waals surface area contributed by atoms with Crippen LogP contribution in [0, 0.1) is 4.77 Å². The number of hydrogen-bond acceptors (Lipinski definition) is 5. The largest absolute Gasteiger partial charge is 0.278 e. The number of benzene rings is 2. The molecule has 0 saturated carbocycles. The lowest BCUT2D eigenvalue weighted by molar-refractivity contribution is 0.195. The standard InChI is InChI=1S/C19H19N5S2/c1-13(18-20-15-10-6-7-11-16(15)26-18)23(2)12-24-19(25)21-17(22-24)14-8-4-3-5-9-14/h3-11,13H,12H2,1-2H3,(H,21,22,25)/t13-/m0/s1. The van der Waals surface area contributed by atoms with E-state index in [2.05, 4.69) is 41.1 Å². The maximum absolute atomic E-state index is 5.43. The van der Waals surface area contributed by atoms with E-state index in [1.54, 1.807) is 11.3 Å². The number of para-hydroxylation sites is 1. The lowest BCUT2D eigenvalue weighted by Crippen LogP contribution is -2.26. The Bertz CT molecular complexity index is 1050. The van der Waals surface area contributed by atoms with Crippen LogP contribution in [-0.2, 0) is 6.67 Å². The van der Waals surface area contributed by atoms with Crippen molar-refractivity contribution in [3.05, 3.63) is 64.4 Å². The molecule has 0 radical (unpaired) electrons. The van der Waals surface area contributed by atoms with Crippen molar-refractivity contribution in [3.8, 4) is 11.4 Å². The monoisotopic (exact) mass is 381 g/mol. The fourth-order valence-corrected chi connectivity index (χ4v) is 4.06. The molecule has 0 amide bonds. The van der Waals surface area contributed by atoms with Crippen molar-refractivity contribution in [2.24, 2.45) is 0 Å². The zero-order valence-electron chi connectivity index (χ0n) is 14.6. The first-order chi connectivity index (χ1) is 12.6. The number of hydrogen-bond donors (Lipinski definition) is 1. The molecule has 0 unspecified atom stereocenters. The van der Waals surface area contributed by atoms with E-state index in [1.807, 2.05) is 47.1 Å². The number of aromatic amines is 1. The Balaban J connectivity index is 1.55. The normalized spacial score (nSPS) is 12.7. The predicted molar refractivity (Wildman–Crippen MR) is 109 cm³/mol. The summed E-state index contributed by atoms with van der Waals surface area (Å²) in [4.78, 5) is 11.5. The van der Waals surface area contributed by atoms with Crippen LogP contribution in [-0.4, -0.2) is 31.7 Å². The van der Waals surface area contributed by atoms with Gasteiger partial charge in [0.1, 0.15) is 5.01 Å². The molecule has 0 aliphatic heterocycles. The number of H-pyrrole nitrogens is 1. The van der Waals surface area contributed by atoms with Crippen LogP contribution in [0.3, 0.4) is 0 Å². The van der Waals surface area contributed by atoms with E-state index in [1.165, 1.54) is 4.70 Å². The summed E-state index contributed by atoms with van der Waals surface area (Å²) >= 11 is 7.16. The van der Waals surface area contributed by atoms with E-state index in [4.69, 9.17) is 17.2 Å². The maximum Gasteiger partial charge on any atom is 0.217 e. The highest BCUT2D eigenvalue weighted by Crippen LogP contribution is 2.29. The van der Waals surface area contributed by atoms with Gasteiger partial charge in [0, 0.05) is 5.56 Å². The predicted octanol–water partition coefficient (Wildman–Crippen LogP) is 4.87. The number of fused-ring (bicyclic) bond motifs is 1. The van der Waals surface area contributed by atoms with Gasteiger partial charge in [0.05, 0.1) is 22.9 Å². The molecule has 2 aromatic carbocycles. The third-order valence-corrected chi connectivity index (χ3v) is 5.94. The van der Waals surface area contributed by atoms with Gasteiger partial charge in [0.2, 0.25) is 4.77 Å². The summed E-state index contributed by atoms with van der Waals surface area (Å²) in [6.07, 6.45) is 0. The molecule has 2 heterocycles. The Hall–Kier alpha value is -2.35. The molecular weight excluding hydrogens is 362 g/mol. The Morgan fingerprint density at radius 3 is 2.62 bits per heavy atom. The molecule has 26 heavy (non-hydrogen) atoms. The molecule has 0 fully saturated rings. The average molecular weight is 382 g/mol. The van der Waals surface area contributed by atoms with Crippen molar-refractivity contribution in [2.45, 2.75) is 19.6 Å². The first-order valence-electron chi connectivity index (χ1n) is 8.40. The van der Waals surface area contributed by atoms with Gasteiger partial charge < -0.3 is 0 Å². The van der Waals surface area contributed by atoms with Gasteiger partial charge in [0.15, 0.2) is 5.82 Å². The lowest BCUT2D eigenvalue weighted by Gasteiger charge is -2.22. The van der Waals surface area contributed by atoms with Crippen molar-refractivity contribution in [1.82, 2.24) is 24.6 Å². The van der Waals surface area contributed by atoms with Gasteiger partial charge in [-0.15, -0.1) is 11.3 Å². The minimum Gasteiger partial charge on any atom is -0.278 e. The van der Waals surface area contributed by atoms with Gasteiger partial charge in [0.25, 0.3) is 0 Å². The Kier molecular flexibility index (Phi) is 4.67. The summed E-state index contributed by atoms with van der Waals surface area (Å²) in [7, 11) is 2.07. The van der Waals surface area contributed by atoms with Crippen LogP contribution in [0.4, 0.5) is 0 Å². The van der Waals surface area contributed by atoms with Crippen LogP contribution in [0.2, 0.25) is 0 Å². The zero-order chi connectivity index (χ0) is 18.1. The molecule has 0 aliphatic carbocycles. The second-order valence-corrected chi connectivity index (χ2v) is 7.67. The number of aromatic nitrogens is 4. The molecule has 5 nitrogen and oxygen atoms in total. The van der Waals surface area contributed by atoms with E-state index >= 15 is 0 Å². The van der Waals surface area contributed by atoms with Crippen LogP contribution in [0.15, 0.2) is 54.6 Å². The minimum atomic E-state index is 0.178. The average Bonchev–Trinajstić information content (AvgIpc) is 3.25. The highest BCUT2D eigenvalue weighted by Gasteiger charge is 2.17. The summed E-state index contributed by atoms with van der Waals surface area (Å²) < 4.78 is 3.65. The first-order valence-corrected chi connectivity index (χ1v) is 9.62. The second kappa shape index (κ2) is 7.11. The van der Waals surface area contributed by atoms with Crippen molar-refractivity contribution < 1.29 is 0 Å². The van der Waals surface area contributed by atoms with Crippen LogP contribution in [0.25, 0.3) is 21.6 Å². The number of nitrogens with one attached hydrogen (secondary N) is 1. The Morgan fingerprint density at radius 1 is 1.12 bits per heavy atom. The first kappa shape index (κ1) is 17.1. The third-order valence-electron chi connectivity index (χ3n) is 4.42. The lowest BCUT2D eigenvalue weighted by atomic mass is 10.2. The summed E-state index contributed by atoms with van der Waals surface area (Å²) in [6.45, 7) is 2.78. The molecule has 0 spiro atoms. The van der Waals surface area contributed by atoms with Crippen LogP contribution in [0.5, 0.6) is 0 Å². The van der Waals surface area contributed by atoms with Crippen molar-refractivity contribution >= 4 is 33.8 Å². The van der Waals surface area contributed by atoms with Crippen LogP contribution < -0.4 is 0 Å². The molecule has 4 rings (SSSR count). The number of nitrogens with zero attached hydrogens (tertiary/aromatic N) is 4. The van der Waals surface area contributed by atoms with E-state index in [-0.39, 0.29) is 6.04 Å². The minimum absolute atomic E-state index is 0.178. The molecule has 0 aliphatic rings. The van der Waals surface area contributed by atoms with Gasteiger partial charge >= 0.3 is 0 Å². The molecule has 4 aromatic rings. The molecule has 1 atom stereocenters. The fraction of sp³-hybridized carbons (Fsp3) is 0.211. The smallest absolute Gasteiger partial charge is 0.217 e. The summed E-state index contributed by atoms with van der Waals surface area (Å²) in [5.74, 6) is 0.789. The van der Waals surface area contributed by atoms with Crippen LogP contribution >= 0.6 is 23.6 Å². The van der Waals surface area contributed by atoms with Crippen molar-refractivity contribution in [3.63, 3.8) is 0 Å². The Labute approximate surface area is 160 Å². The second-order valence-electron chi connectivity index (χ2n) is 6.24. The van der Waals surface area contributed by atoms with Gasteiger partial charge in [-0.2, -0.15) is 4.98 Å². The SMILES string of the molecule is C[C@@H](c1nc2ccccc2s1)N(C)Cn1[nH]c(-c2ccccc2)nc1=S. The van der Waals surface area contributed by atoms with Crippen molar-refractivity contribution in [1.29, 1.82) is 0 Å². The molecule has 0 saturated heterocycles. The fourth-order valence-electron chi connectivity index (χ4n) is 2.78. The summed E-state index contributed by atoms with van der Waals surface area (Å²) in [6, 6.07) is 18.4. The van der Waals surface area contributed by atoms with E-state index in [9.17, 15) is 0 Å². The van der Waals surface area contributed by atoms with Gasteiger partial charge in [-0.05, 0) is 38.3 Å². The van der Waals surface area contributed by atoms with Gasteiger partial charge in [-0.3, -0.25) is 10.00 Å². The quantitative estimate of drug-likeness (QED) is 0.501. The summed E-state index contributed by atoms with van der Waals surface area (Å²) in [5.41, 5.74) is 2.08. The van der Waals surface area contributed by atoms with Crippen LogP contribution in [0.1, 0.15) is 18.0 Å². The highest BCUT2D eigenvalue weighted by atomic mass is 32.1. The summed E-state index contributed by atoms with van der Waals surface area (Å²) in [5, 5.41) is 4.40. The molecule has 132 valence electrons. The molecule has 0 bridgehead atoms. The molecular formula is C19H19N5S2. The third kappa shape index (κ3) is 3.33. The van der Waals surface area contributed by atoms with Crippen molar-refractivity contribution in [2.75, 3.05) is 7.05 Å². The Morgan fingerprint density at radius 2 is 1.85 bits per heavy atom. The van der Waals surface area contributed by atoms with E-state index in [0.717, 1.165) is 21.9 Å². The highest BCUT2D eigenvalue weighted by molar-refractivity contribution is 7.71. The topological polar surface area (TPSA) is 49.7 Å². The zero-order valence-corrected chi connectivity index (χ0v) is 16.2. The van der Waals surface area contributed by atoms with Gasteiger partial charge in [-0.25, -0.2) is 9.67 Å². The van der Waals surface area contributed by atoms with E-state index < -0.39 is 0 Å². The number of rotatable bonds is 5. The molecule has 2 aromatic heterocycles. The van der Waals surface area contributed by atoms with Gasteiger partial charge in [-0.1, -0.05) is 42.5 Å².